The molecule has 0 saturated heterocycles. The number of aliphatic hydroxyl groups is 1. The summed E-state index contributed by atoms with van der Waals surface area (Å²) in [5, 5.41) is 21.1. The van der Waals surface area contributed by atoms with Crippen LogP contribution in [0.1, 0.15) is 38.5 Å². The van der Waals surface area contributed by atoms with Gasteiger partial charge in [-0.05, 0) is 73.5 Å². The summed E-state index contributed by atoms with van der Waals surface area (Å²) in [6.45, 7) is 0. The highest BCUT2D eigenvalue weighted by Crippen LogP contribution is 2.61. The van der Waals surface area contributed by atoms with Crippen molar-refractivity contribution in [2.45, 2.75) is 44.6 Å². The molecule has 4 fully saturated rings. The molecule has 4 saturated carbocycles. The number of nitrogens with zero attached hydrogens (tertiary/aromatic N) is 1. The quantitative estimate of drug-likeness (QED) is 0.768. The smallest absolute Gasteiger partial charge is 0.133 e. The van der Waals surface area contributed by atoms with E-state index in [1.807, 2.05) is 0 Å². The fourth-order valence-corrected chi connectivity index (χ4v) is 5.46. The highest BCUT2D eigenvalue weighted by Gasteiger charge is 2.53. The van der Waals surface area contributed by atoms with Crippen molar-refractivity contribution in [2.24, 2.45) is 23.2 Å². The molecule has 1 N–H and O–H groups in total. The lowest BCUT2D eigenvalue weighted by molar-refractivity contribution is -0.112. The second kappa shape index (κ2) is 3.92. The van der Waals surface area contributed by atoms with Gasteiger partial charge in [-0.15, -0.1) is 0 Å². The zero-order valence-corrected chi connectivity index (χ0v) is 10.4. The zero-order valence-electron chi connectivity index (χ0n) is 9.56. The molecule has 0 aromatic rings. The Morgan fingerprint density at radius 3 is 2.12 bits per heavy atom. The van der Waals surface area contributed by atoms with Crippen molar-refractivity contribution >= 4 is 11.8 Å². The van der Waals surface area contributed by atoms with Crippen LogP contribution < -0.4 is 0 Å². The molecule has 4 bridgehead atoms. The molecule has 4 aliphatic rings. The van der Waals surface area contributed by atoms with E-state index in [0.717, 1.165) is 17.8 Å². The van der Waals surface area contributed by atoms with Crippen molar-refractivity contribution in [3.8, 4) is 5.40 Å². The molecule has 0 aliphatic heterocycles. The second-order valence-corrected chi connectivity index (χ2v) is 7.00. The molecule has 3 heteroatoms. The standard InChI is InChI=1S/C13H19NOS/c14-8-16-7-12(15)13-4-9-1-10(5-13)3-11(2-9)6-13/h9-12,15H,1-7H2/t9?,10?,11?,12-,13?/m0/s1. The van der Waals surface area contributed by atoms with Gasteiger partial charge in [0, 0.05) is 5.75 Å². The first-order chi connectivity index (χ1) is 7.72. The maximum absolute atomic E-state index is 10.4. The van der Waals surface area contributed by atoms with Crippen molar-refractivity contribution in [1.29, 1.82) is 5.26 Å². The van der Waals surface area contributed by atoms with Crippen LogP contribution in [-0.2, 0) is 0 Å². The number of hydrogen-bond donors (Lipinski definition) is 1. The lowest BCUT2D eigenvalue weighted by Gasteiger charge is -2.58. The average Bonchev–Trinajstić information content (AvgIpc) is 2.24. The molecular formula is C13H19NOS. The van der Waals surface area contributed by atoms with E-state index in [1.165, 1.54) is 50.3 Å². The van der Waals surface area contributed by atoms with Crippen LogP contribution in [0.5, 0.6) is 0 Å². The Kier molecular flexibility index (Phi) is 2.68. The van der Waals surface area contributed by atoms with Crippen LogP contribution in [0.25, 0.3) is 0 Å². The summed E-state index contributed by atoms with van der Waals surface area (Å²) in [6.07, 6.45) is 7.68. The number of rotatable bonds is 3. The Hall–Kier alpha value is -0.200. The number of thioether (sulfide) groups is 1. The van der Waals surface area contributed by atoms with Gasteiger partial charge in [0.15, 0.2) is 0 Å². The van der Waals surface area contributed by atoms with Crippen LogP contribution in [0.15, 0.2) is 0 Å². The molecule has 0 radical (unpaired) electrons. The van der Waals surface area contributed by atoms with E-state index in [1.54, 1.807) is 0 Å². The van der Waals surface area contributed by atoms with E-state index in [-0.39, 0.29) is 11.5 Å². The highest BCUT2D eigenvalue weighted by atomic mass is 32.2. The van der Waals surface area contributed by atoms with Crippen molar-refractivity contribution in [2.75, 3.05) is 5.75 Å². The summed E-state index contributed by atoms with van der Waals surface area (Å²) < 4.78 is 0. The summed E-state index contributed by atoms with van der Waals surface area (Å²) in [4.78, 5) is 0. The van der Waals surface area contributed by atoms with Gasteiger partial charge in [0.2, 0.25) is 0 Å². The van der Waals surface area contributed by atoms with Crippen molar-refractivity contribution in [3.63, 3.8) is 0 Å². The van der Waals surface area contributed by atoms with E-state index >= 15 is 0 Å². The SMILES string of the molecule is N#CSC[C@H](O)C12CC3CC(CC(C3)C1)C2. The predicted octanol–water partition coefficient (Wildman–Crippen LogP) is 2.78. The normalized spacial score (nSPS) is 46.6. The molecule has 2 nitrogen and oxygen atoms in total. The molecule has 0 aromatic heterocycles. The lowest BCUT2D eigenvalue weighted by Crippen LogP contribution is -2.52. The van der Waals surface area contributed by atoms with Gasteiger partial charge in [-0.3, -0.25) is 0 Å². The molecule has 0 spiro atoms. The van der Waals surface area contributed by atoms with Crippen molar-refractivity contribution in [3.05, 3.63) is 0 Å². The Morgan fingerprint density at radius 2 is 1.69 bits per heavy atom. The van der Waals surface area contributed by atoms with Crippen LogP contribution in [0.2, 0.25) is 0 Å². The van der Waals surface area contributed by atoms with E-state index in [2.05, 4.69) is 5.40 Å². The molecule has 0 amide bonds. The number of hydrogen-bond acceptors (Lipinski definition) is 3. The number of thiocyanates is 1. The topological polar surface area (TPSA) is 44.0 Å². The van der Waals surface area contributed by atoms with Crippen LogP contribution in [0.4, 0.5) is 0 Å². The van der Waals surface area contributed by atoms with Crippen LogP contribution >= 0.6 is 11.8 Å². The fraction of sp³-hybridized carbons (Fsp3) is 0.923. The summed E-state index contributed by atoms with van der Waals surface area (Å²) in [7, 11) is 0. The maximum Gasteiger partial charge on any atom is 0.133 e. The molecule has 16 heavy (non-hydrogen) atoms. The first kappa shape index (κ1) is 10.9. The molecule has 88 valence electrons. The van der Waals surface area contributed by atoms with Gasteiger partial charge in [0.25, 0.3) is 0 Å². The maximum atomic E-state index is 10.4. The average molecular weight is 237 g/mol. The second-order valence-electron chi connectivity index (χ2n) is 6.20. The number of aliphatic hydroxyl groups excluding tert-OH is 1. The monoisotopic (exact) mass is 237 g/mol. The zero-order chi connectivity index (χ0) is 11.2. The van der Waals surface area contributed by atoms with Gasteiger partial charge in [0.1, 0.15) is 5.40 Å². The van der Waals surface area contributed by atoms with Gasteiger partial charge in [-0.25, -0.2) is 0 Å². The van der Waals surface area contributed by atoms with Crippen LogP contribution in [0, 0.1) is 33.8 Å². The fourth-order valence-electron chi connectivity index (χ4n) is 4.88. The molecule has 0 aromatic carbocycles. The third kappa shape index (κ3) is 1.67. The highest BCUT2D eigenvalue weighted by molar-refractivity contribution is 8.03. The van der Waals surface area contributed by atoms with Crippen molar-refractivity contribution < 1.29 is 5.11 Å². The molecule has 1 atom stereocenters. The number of nitriles is 1. The summed E-state index contributed by atoms with van der Waals surface area (Å²) in [5.41, 5.74) is 0.193. The Labute approximate surface area is 101 Å². The van der Waals surface area contributed by atoms with E-state index < -0.39 is 0 Å². The lowest BCUT2D eigenvalue weighted by atomic mass is 9.48. The van der Waals surface area contributed by atoms with Gasteiger partial charge >= 0.3 is 0 Å². The molecule has 0 heterocycles. The summed E-state index contributed by atoms with van der Waals surface area (Å²) >= 11 is 1.22. The summed E-state index contributed by atoms with van der Waals surface area (Å²) in [6, 6.07) is 0. The minimum absolute atomic E-state index is 0.193. The molecule has 4 rings (SSSR count). The first-order valence-electron chi connectivity index (χ1n) is 6.41. The molecule has 4 aliphatic carbocycles. The third-order valence-corrected chi connectivity index (χ3v) is 5.71. The predicted molar refractivity (Wildman–Crippen MR) is 64.7 cm³/mol. The van der Waals surface area contributed by atoms with E-state index in [9.17, 15) is 5.11 Å². The minimum Gasteiger partial charge on any atom is -0.392 e. The molecular weight excluding hydrogens is 218 g/mol. The van der Waals surface area contributed by atoms with Crippen LogP contribution in [-0.4, -0.2) is 17.0 Å². The third-order valence-electron chi connectivity index (χ3n) is 5.10. The first-order valence-corrected chi connectivity index (χ1v) is 7.39. The van der Waals surface area contributed by atoms with Gasteiger partial charge < -0.3 is 5.11 Å². The Bertz CT molecular complexity index is 287. The van der Waals surface area contributed by atoms with Gasteiger partial charge in [-0.1, -0.05) is 0 Å². The largest absolute Gasteiger partial charge is 0.392 e. The Morgan fingerprint density at radius 1 is 1.19 bits per heavy atom. The van der Waals surface area contributed by atoms with E-state index in [0.29, 0.717) is 5.75 Å². The van der Waals surface area contributed by atoms with Crippen molar-refractivity contribution in [1.82, 2.24) is 0 Å². The van der Waals surface area contributed by atoms with E-state index in [4.69, 9.17) is 5.26 Å². The van der Waals surface area contributed by atoms with Crippen LogP contribution in [0.3, 0.4) is 0 Å². The minimum atomic E-state index is -0.245. The van der Waals surface area contributed by atoms with Gasteiger partial charge in [0.05, 0.1) is 6.10 Å². The van der Waals surface area contributed by atoms with Gasteiger partial charge in [-0.2, -0.15) is 5.26 Å². The summed E-state index contributed by atoms with van der Waals surface area (Å²) in [5.74, 6) is 3.26. The molecule has 0 unspecified atom stereocenters. The Balaban J connectivity index is 1.75.